The monoisotopic (exact) mass is 573 g/mol. The fourth-order valence-corrected chi connectivity index (χ4v) is 4.55. The number of nitrogens with two attached hydrogens (primary N) is 1. The van der Waals surface area contributed by atoms with Gasteiger partial charge in [0.05, 0.1) is 11.6 Å². The number of guanidine groups is 1. The Hall–Kier alpha value is -5.00. The Morgan fingerprint density at radius 1 is 1.12 bits per heavy atom. The van der Waals surface area contributed by atoms with Crippen LogP contribution in [0.25, 0.3) is 11.3 Å². The summed E-state index contributed by atoms with van der Waals surface area (Å²) in [6.07, 6.45) is 3.22. The van der Waals surface area contributed by atoms with Crippen molar-refractivity contribution >= 4 is 24.3 Å². The number of likely N-dealkylation sites (tertiary alicyclic amines) is 1. The maximum absolute atomic E-state index is 15.5. The molecule has 3 N–H and O–H groups in total. The molecule has 0 aliphatic carbocycles. The summed E-state index contributed by atoms with van der Waals surface area (Å²) in [5.41, 5.74) is 6.31. The van der Waals surface area contributed by atoms with E-state index in [-0.39, 0.29) is 40.6 Å². The fraction of sp³-hybridized carbons (Fsp3) is 0.269. The molecular formula is C26H24F5N9O. The molecule has 1 fully saturated rings. The van der Waals surface area contributed by atoms with E-state index in [1.54, 1.807) is 11.7 Å². The maximum Gasteiger partial charge on any atom is 0.207 e. The maximum atomic E-state index is 15.5. The molecule has 0 spiro atoms. The van der Waals surface area contributed by atoms with Gasteiger partial charge in [0.2, 0.25) is 23.3 Å². The number of nitrogens with one attached hydrogen (secondary N) is 1. The van der Waals surface area contributed by atoms with Crippen molar-refractivity contribution in [2.75, 3.05) is 27.2 Å². The van der Waals surface area contributed by atoms with Gasteiger partial charge < -0.3 is 15.4 Å². The van der Waals surface area contributed by atoms with Crippen molar-refractivity contribution in [3.8, 4) is 28.9 Å². The highest BCUT2D eigenvalue weighted by Crippen LogP contribution is 2.38. The van der Waals surface area contributed by atoms with E-state index in [9.17, 15) is 17.6 Å². The van der Waals surface area contributed by atoms with Crippen LogP contribution in [-0.4, -0.2) is 60.4 Å². The topological polar surface area (TPSA) is 129 Å². The van der Waals surface area contributed by atoms with Crippen LogP contribution in [0.15, 0.2) is 39.2 Å². The molecule has 10 nitrogen and oxygen atoms in total. The van der Waals surface area contributed by atoms with Crippen molar-refractivity contribution in [3.63, 3.8) is 0 Å². The van der Waals surface area contributed by atoms with Crippen molar-refractivity contribution in [2.45, 2.75) is 18.9 Å². The smallest absolute Gasteiger partial charge is 0.207 e. The van der Waals surface area contributed by atoms with Crippen LogP contribution in [0.5, 0.6) is 11.5 Å². The van der Waals surface area contributed by atoms with E-state index in [2.05, 4.69) is 32.1 Å². The summed E-state index contributed by atoms with van der Waals surface area (Å²) in [7, 11) is 2.98. The molecule has 1 unspecified atom stereocenters. The van der Waals surface area contributed by atoms with Crippen LogP contribution in [0.4, 0.5) is 27.8 Å². The molecule has 0 bridgehead atoms. The minimum Gasteiger partial charge on any atom is -0.451 e. The molecule has 1 atom stereocenters. The van der Waals surface area contributed by atoms with E-state index >= 15 is 4.39 Å². The van der Waals surface area contributed by atoms with Crippen molar-refractivity contribution in [1.82, 2.24) is 20.0 Å². The average Bonchev–Trinajstić information content (AvgIpc) is 3.36. The number of halogens is 5. The average molecular weight is 574 g/mol. The van der Waals surface area contributed by atoms with E-state index in [1.165, 1.54) is 13.1 Å². The molecule has 1 saturated heterocycles. The van der Waals surface area contributed by atoms with Crippen molar-refractivity contribution in [2.24, 2.45) is 20.7 Å². The molecule has 0 amide bonds. The number of nitriles is 1. The van der Waals surface area contributed by atoms with Crippen LogP contribution in [0.2, 0.25) is 0 Å². The summed E-state index contributed by atoms with van der Waals surface area (Å²) in [5.74, 6) is -9.05. The Bertz CT molecular complexity index is 1570. The van der Waals surface area contributed by atoms with Gasteiger partial charge in [-0.05, 0) is 31.7 Å². The third kappa shape index (κ3) is 5.53. The third-order valence-corrected chi connectivity index (χ3v) is 6.44. The van der Waals surface area contributed by atoms with Crippen molar-refractivity contribution < 1.29 is 26.7 Å². The van der Waals surface area contributed by atoms with Gasteiger partial charge in [-0.2, -0.15) is 19.1 Å². The van der Waals surface area contributed by atoms with Gasteiger partial charge in [-0.3, -0.25) is 15.3 Å². The summed E-state index contributed by atoms with van der Waals surface area (Å²) < 4.78 is 77.3. The molecular weight excluding hydrogens is 549 g/mol. The number of hydrogen-bond acceptors (Lipinski definition) is 6. The highest BCUT2D eigenvalue weighted by atomic mass is 19.2. The highest BCUT2D eigenvalue weighted by Gasteiger charge is 2.31. The number of amidine groups is 1. The predicted molar refractivity (Wildman–Crippen MR) is 142 cm³/mol. The molecule has 41 heavy (non-hydrogen) atoms. The quantitative estimate of drug-likeness (QED) is 0.112. The Morgan fingerprint density at radius 2 is 1.83 bits per heavy atom. The van der Waals surface area contributed by atoms with E-state index in [1.807, 2.05) is 11.1 Å². The van der Waals surface area contributed by atoms with Crippen molar-refractivity contribution in [1.29, 1.82) is 5.26 Å². The lowest BCUT2D eigenvalue weighted by Gasteiger charge is -2.34. The molecule has 15 heteroatoms. The molecule has 1 aliphatic heterocycles. The molecule has 0 radical (unpaired) electrons. The number of piperidine rings is 1. The molecule has 214 valence electrons. The minimum atomic E-state index is -1.77. The molecule has 2 heterocycles. The number of nitrogens with zero attached hydrogens (tertiary/aromatic N) is 7. The van der Waals surface area contributed by atoms with Crippen LogP contribution in [-0.2, 0) is 0 Å². The van der Waals surface area contributed by atoms with Crippen LogP contribution >= 0.6 is 0 Å². The molecule has 1 aliphatic rings. The second-order valence-electron chi connectivity index (χ2n) is 8.83. The number of aromatic nitrogens is 2. The highest BCUT2D eigenvalue weighted by molar-refractivity contribution is 6.06. The first-order chi connectivity index (χ1) is 19.6. The lowest BCUT2D eigenvalue weighted by Crippen LogP contribution is -2.45. The zero-order chi connectivity index (χ0) is 29.8. The first kappa shape index (κ1) is 29.0. The van der Waals surface area contributed by atoms with Gasteiger partial charge in [-0.15, -0.1) is 0 Å². The molecule has 2 aromatic carbocycles. The Morgan fingerprint density at radius 3 is 2.41 bits per heavy atom. The van der Waals surface area contributed by atoms with Crippen molar-refractivity contribution in [3.05, 3.63) is 58.9 Å². The van der Waals surface area contributed by atoms with Crippen LogP contribution < -0.4 is 15.8 Å². The normalized spacial score (nSPS) is 16.0. The zero-order valence-electron chi connectivity index (χ0n) is 21.9. The standard InChI is InChI=1S/C26H24F5N9O/c1-34-24(33)19-22(38-40(25(19)35-2)13-5-4-8-39(11-13)26(36-3)37-12-32)15-7-6-14(9-16(15)27)41-23-20(30)17(28)10-18(29)21(23)31/h6-7,9-10,13H,2,4-5,8,11H2,1,3H3,(H2,33,34)(H,36,37). The molecule has 4 rings (SSSR count). The fourth-order valence-electron chi connectivity index (χ4n) is 4.55. The Labute approximate surface area is 231 Å². The van der Waals surface area contributed by atoms with Crippen LogP contribution in [0.1, 0.15) is 24.4 Å². The molecule has 3 aromatic rings. The second kappa shape index (κ2) is 12.0. The summed E-state index contributed by atoms with van der Waals surface area (Å²) in [6, 6.07) is 2.85. The van der Waals surface area contributed by atoms with Gasteiger partial charge in [0.1, 0.15) is 23.1 Å². The van der Waals surface area contributed by atoms with Gasteiger partial charge in [-0.1, -0.05) is 0 Å². The van der Waals surface area contributed by atoms with Crippen LogP contribution in [0, 0.1) is 40.5 Å². The van der Waals surface area contributed by atoms with Gasteiger partial charge in [0, 0.05) is 44.9 Å². The SMILES string of the molecule is C=Nc1c(C(N)=NC)c(-c2ccc(Oc3c(F)c(F)cc(F)c3F)cc2F)nn1C1CCCN(C(=NC)NC#N)C1. The molecule has 1 aromatic heterocycles. The Kier molecular flexibility index (Phi) is 8.51. The second-order valence-corrected chi connectivity index (χ2v) is 8.83. The van der Waals surface area contributed by atoms with E-state index in [0.29, 0.717) is 31.9 Å². The van der Waals surface area contributed by atoms with Gasteiger partial charge >= 0.3 is 0 Å². The summed E-state index contributed by atoms with van der Waals surface area (Å²) >= 11 is 0. The van der Waals surface area contributed by atoms with Crippen LogP contribution in [0.3, 0.4) is 0 Å². The largest absolute Gasteiger partial charge is 0.451 e. The summed E-state index contributed by atoms with van der Waals surface area (Å²) in [4.78, 5) is 14.1. The summed E-state index contributed by atoms with van der Waals surface area (Å²) in [6.45, 7) is 4.63. The van der Waals surface area contributed by atoms with E-state index in [0.717, 1.165) is 12.1 Å². The van der Waals surface area contributed by atoms with Gasteiger partial charge in [0.25, 0.3) is 0 Å². The third-order valence-electron chi connectivity index (χ3n) is 6.44. The van der Waals surface area contributed by atoms with Gasteiger partial charge in [-0.25, -0.2) is 22.8 Å². The summed E-state index contributed by atoms with van der Waals surface area (Å²) in [5, 5.41) is 16.2. The number of benzene rings is 2. The Balaban J connectivity index is 1.76. The predicted octanol–water partition coefficient (Wildman–Crippen LogP) is 4.40. The number of aliphatic imine (C=N–C) groups is 3. The number of ether oxygens (including phenoxy) is 1. The first-order valence-electron chi connectivity index (χ1n) is 12.1. The number of hydrogen-bond donors (Lipinski definition) is 2. The lowest BCUT2D eigenvalue weighted by molar-refractivity contribution is 0.244. The van der Waals surface area contributed by atoms with Gasteiger partial charge in [0.15, 0.2) is 23.6 Å². The minimum absolute atomic E-state index is 0.0117. The van der Waals surface area contributed by atoms with E-state index in [4.69, 9.17) is 15.7 Å². The molecule has 0 saturated carbocycles. The first-order valence-corrected chi connectivity index (χ1v) is 12.1. The van der Waals surface area contributed by atoms with E-state index < -0.39 is 40.6 Å². The lowest BCUT2D eigenvalue weighted by atomic mass is 10.0. The zero-order valence-corrected chi connectivity index (χ0v) is 21.9. The number of rotatable bonds is 6.